The van der Waals surface area contributed by atoms with Crippen molar-refractivity contribution in [1.82, 2.24) is 5.32 Å². The van der Waals surface area contributed by atoms with Crippen LogP contribution >= 0.6 is 0 Å². The van der Waals surface area contributed by atoms with Crippen LogP contribution in [0.25, 0.3) is 0 Å². The number of methoxy groups -OCH3 is 1. The van der Waals surface area contributed by atoms with Gasteiger partial charge in [0.1, 0.15) is 55.7 Å². The molecule has 1 aromatic carbocycles. The lowest BCUT2D eigenvalue weighted by Crippen LogP contribution is -2.43. The van der Waals surface area contributed by atoms with Crippen molar-refractivity contribution >= 4 is 24.2 Å². The molecule has 0 saturated heterocycles. The number of esters is 2. The van der Waals surface area contributed by atoms with Gasteiger partial charge in [0, 0.05) is 39.4 Å². The first kappa shape index (κ1) is 34.4. The molecule has 13 nitrogen and oxygen atoms in total. The lowest BCUT2D eigenvalue weighted by molar-refractivity contribution is -0.163. The van der Waals surface area contributed by atoms with Crippen LogP contribution in [0.1, 0.15) is 40.0 Å². The fourth-order valence-corrected chi connectivity index (χ4v) is 4.27. The minimum absolute atomic E-state index is 0.00187. The van der Waals surface area contributed by atoms with E-state index in [1.165, 1.54) is 13.8 Å². The highest BCUT2D eigenvalue weighted by molar-refractivity contribution is 5.67. The standard InChI is InChI=1S/C31H42N2O11/c1-5-16-32-31(36)39-20-30-28(42-24-8-6-23(37-4)7-9-24)13-11-26(44-30)15-18-40-33-17-14-25-10-12-27(41-22(3)35)29(43-25)19-38-21(2)34/h6-13,17,25-30H,5,14-16,18-20H2,1-4H3,(H,32,36)/t25-,26-,27-,28-,29+,30+/m0/s1. The molecule has 0 aromatic heterocycles. The SMILES string of the molecule is CCCNC(=O)OC[C@H]1O[C@H](CCON=CC[C@@H]2C=C[C@H](OC(C)=O)[C@@H](COC(C)=O)O2)C=C[C@@H]1Oc1ccc(OC)cc1. The molecule has 44 heavy (non-hydrogen) atoms. The zero-order valence-corrected chi connectivity index (χ0v) is 25.5. The first-order valence-electron chi connectivity index (χ1n) is 14.6. The normalized spacial score (nSPS) is 24.4. The number of alkyl carbamates (subject to hydrolysis) is 1. The summed E-state index contributed by atoms with van der Waals surface area (Å²) >= 11 is 0. The molecule has 0 fully saturated rings. The monoisotopic (exact) mass is 618 g/mol. The zero-order chi connectivity index (χ0) is 31.7. The van der Waals surface area contributed by atoms with E-state index in [0.717, 1.165) is 6.42 Å². The molecule has 13 heteroatoms. The van der Waals surface area contributed by atoms with Gasteiger partial charge in [-0.1, -0.05) is 24.2 Å². The van der Waals surface area contributed by atoms with E-state index >= 15 is 0 Å². The second kappa shape index (κ2) is 18.5. The fourth-order valence-electron chi connectivity index (χ4n) is 4.27. The maximum Gasteiger partial charge on any atom is 0.407 e. The number of hydrogen-bond acceptors (Lipinski definition) is 12. The van der Waals surface area contributed by atoms with Crippen molar-refractivity contribution in [2.24, 2.45) is 5.16 Å². The number of ether oxygens (including phenoxy) is 7. The Kier molecular flexibility index (Phi) is 14.5. The Morgan fingerprint density at radius 1 is 0.886 bits per heavy atom. The number of rotatable bonds is 16. The first-order valence-corrected chi connectivity index (χ1v) is 14.6. The molecule has 6 atom stereocenters. The largest absolute Gasteiger partial charge is 0.497 e. The van der Waals surface area contributed by atoms with Crippen LogP contribution in [-0.2, 0) is 38.1 Å². The van der Waals surface area contributed by atoms with Gasteiger partial charge >= 0.3 is 18.0 Å². The molecule has 2 aliphatic rings. The van der Waals surface area contributed by atoms with E-state index in [9.17, 15) is 14.4 Å². The summed E-state index contributed by atoms with van der Waals surface area (Å²) in [6, 6.07) is 7.18. The number of nitrogens with zero attached hydrogens (tertiary/aromatic N) is 1. The Labute approximate surface area is 257 Å². The van der Waals surface area contributed by atoms with Gasteiger partial charge in [0.25, 0.3) is 0 Å². The summed E-state index contributed by atoms with van der Waals surface area (Å²) in [5, 5.41) is 6.69. The predicted octanol–water partition coefficient (Wildman–Crippen LogP) is 3.50. The lowest BCUT2D eigenvalue weighted by atomic mass is 10.1. The Hall–Kier alpha value is -4.10. The number of hydrogen-bond donors (Lipinski definition) is 1. The molecule has 0 aliphatic carbocycles. The summed E-state index contributed by atoms with van der Waals surface area (Å²) in [6.45, 7) is 5.30. The molecular formula is C31H42N2O11. The van der Waals surface area contributed by atoms with Gasteiger partial charge < -0.3 is 43.3 Å². The van der Waals surface area contributed by atoms with Crippen molar-refractivity contribution in [1.29, 1.82) is 0 Å². The molecule has 0 saturated carbocycles. The zero-order valence-electron chi connectivity index (χ0n) is 25.5. The number of oxime groups is 1. The van der Waals surface area contributed by atoms with Crippen LogP contribution in [0.4, 0.5) is 4.79 Å². The van der Waals surface area contributed by atoms with Crippen molar-refractivity contribution in [2.45, 2.75) is 76.7 Å². The third kappa shape index (κ3) is 12.3. The Bertz CT molecular complexity index is 1140. The highest BCUT2D eigenvalue weighted by Crippen LogP contribution is 2.24. The third-order valence-electron chi connectivity index (χ3n) is 6.43. The molecule has 3 rings (SSSR count). The predicted molar refractivity (Wildman–Crippen MR) is 159 cm³/mol. The first-order chi connectivity index (χ1) is 21.3. The van der Waals surface area contributed by atoms with Crippen LogP contribution < -0.4 is 14.8 Å². The number of carbonyl (C=O) groups excluding carboxylic acids is 3. The molecule has 0 radical (unpaired) electrons. The molecule has 2 aliphatic heterocycles. The summed E-state index contributed by atoms with van der Waals surface area (Å²) in [5.74, 6) is 0.418. The van der Waals surface area contributed by atoms with Gasteiger partial charge in [0.05, 0.1) is 19.3 Å². The second-order valence-electron chi connectivity index (χ2n) is 10.0. The molecule has 1 N–H and O–H groups in total. The molecule has 2 heterocycles. The van der Waals surface area contributed by atoms with E-state index in [0.29, 0.717) is 30.9 Å². The van der Waals surface area contributed by atoms with E-state index < -0.39 is 42.4 Å². The number of benzene rings is 1. The van der Waals surface area contributed by atoms with Crippen LogP contribution in [0, 0.1) is 0 Å². The average Bonchev–Trinajstić information content (AvgIpc) is 3.01. The molecular weight excluding hydrogens is 576 g/mol. The molecule has 242 valence electrons. The van der Waals surface area contributed by atoms with Crippen molar-refractivity contribution < 1.29 is 52.4 Å². The number of amides is 1. The van der Waals surface area contributed by atoms with Gasteiger partial charge in [-0.2, -0.15) is 0 Å². The van der Waals surface area contributed by atoms with Crippen molar-refractivity contribution in [3.8, 4) is 11.5 Å². The van der Waals surface area contributed by atoms with Crippen LogP contribution in [0.3, 0.4) is 0 Å². The molecule has 0 unspecified atom stereocenters. The topological polar surface area (TPSA) is 149 Å². The van der Waals surface area contributed by atoms with E-state index in [1.807, 2.05) is 19.1 Å². The van der Waals surface area contributed by atoms with Crippen molar-refractivity contribution in [3.05, 3.63) is 48.6 Å². The van der Waals surface area contributed by atoms with Gasteiger partial charge in [0.15, 0.2) is 0 Å². The van der Waals surface area contributed by atoms with Crippen molar-refractivity contribution in [3.63, 3.8) is 0 Å². The van der Waals surface area contributed by atoms with Gasteiger partial charge in [-0.05, 0) is 42.8 Å². The highest BCUT2D eigenvalue weighted by atomic mass is 16.6. The summed E-state index contributed by atoms with van der Waals surface area (Å²) in [5.41, 5.74) is 0. The van der Waals surface area contributed by atoms with E-state index in [1.54, 1.807) is 49.7 Å². The Morgan fingerprint density at radius 2 is 1.55 bits per heavy atom. The van der Waals surface area contributed by atoms with Gasteiger partial charge in [-0.25, -0.2) is 4.79 Å². The Balaban J connectivity index is 1.48. The smallest absolute Gasteiger partial charge is 0.407 e. The Morgan fingerprint density at radius 3 is 2.25 bits per heavy atom. The van der Waals surface area contributed by atoms with Gasteiger partial charge in [-0.15, -0.1) is 0 Å². The summed E-state index contributed by atoms with van der Waals surface area (Å²) in [4.78, 5) is 40.1. The van der Waals surface area contributed by atoms with Crippen LogP contribution in [0.2, 0.25) is 0 Å². The molecule has 1 aromatic rings. The summed E-state index contributed by atoms with van der Waals surface area (Å²) in [7, 11) is 1.59. The molecule has 0 bridgehead atoms. The maximum atomic E-state index is 12.0. The molecule has 1 amide bonds. The van der Waals surface area contributed by atoms with E-state index in [2.05, 4.69) is 10.5 Å². The summed E-state index contributed by atoms with van der Waals surface area (Å²) < 4.78 is 39.1. The molecule has 0 spiro atoms. The highest BCUT2D eigenvalue weighted by Gasteiger charge is 2.31. The summed E-state index contributed by atoms with van der Waals surface area (Å²) in [6.07, 6.45) is 7.02. The minimum atomic E-state index is -0.652. The van der Waals surface area contributed by atoms with Crippen LogP contribution in [0.15, 0.2) is 53.7 Å². The van der Waals surface area contributed by atoms with Gasteiger partial charge in [0.2, 0.25) is 0 Å². The fraction of sp³-hybridized carbons (Fsp3) is 0.548. The van der Waals surface area contributed by atoms with Crippen LogP contribution in [-0.4, -0.2) is 94.3 Å². The second-order valence-corrected chi connectivity index (χ2v) is 10.0. The lowest BCUT2D eigenvalue weighted by Gasteiger charge is -2.32. The minimum Gasteiger partial charge on any atom is -0.497 e. The number of carbonyl (C=O) groups is 3. The number of nitrogens with one attached hydrogen (secondary N) is 1. The van der Waals surface area contributed by atoms with Crippen LogP contribution in [0.5, 0.6) is 11.5 Å². The van der Waals surface area contributed by atoms with Gasteiger partial charge in [-0.3, -0.25) is 9.59 Å². The average molecular weight is 619 g/mol. The van der Waals surface area contributed by atoms with Crippen molar-refractivity contribution in [2.75, 3.05) is 33.5 Å². The third-order valence-corrected chi connectivity index (χ3v) is 6.43. The maximum absolute atomic E-state index is 12.0. The van der Waals surface area contributed by atoms with E-state index in [-0.39, 0.29) is 32.0 Å². The quantitative estimate of drug-likeness (QED) is 0.0724. The van der Waals surface area contributed by atoms with E-state index in [4.69, 9.17) is 38.0 Å².